The molecule has 1 amide bonds. The minimum atomic E-state index is -3.95. The van der Waals surface area contributed by atoms with Gasteiger partial charge in [-0.3, -0.25) is 9.10 Å². The van der Waals surface area contributed by atoms with Crippen LogP contribution >= 0.6 is 15.9 Å². The second-order valence-corrected chi connectivity index (χ2v) is 10.0. The van der Waals surface area contributed by atoms with E-state index >= 15 is 0 Å². The Morgan fingerprint density at radius 2 is 1.55 bits per heavy atom. The fraction of sp³-hybridized carbons (Fsp3) is 0.208. The van der Waals surface area contributed by atoms with E-state index in [1.165, 1.54) is 17.0 Å². The third-order valence-corrected chi connectivity index (χ3v) is 7.33. The number of benzene rings is 3. The lowest BCUT2D eigenvalue weighted by Gasteiger charge is -2.27. The molecule has 33 heavy (non-hydrogen) atoms. The number of carbonyl (C=O) groups is 1. The van der Waals surface area contributed by atoms with Gasteiger partial charge >= 0.3 is 0 Å². The van der Waals surface area contributed by atoms with Crippen LogP contribution in [0.3, 0.4) is 0 Å². The Kier molecular flexibility index (Phi) is 7.99. The van der Waals surface area contributed by atoms with Crippen LogP contribution in [0.5, 0.6) is 11.5 Å². The summed E-state index contributed by atoms with van der Waals surface area (Å²) >= 11 is 3.36. The molecule has 0 atom stereocenters. The number of hydrogen-bond donors (Lipinski definition) is 0. The van der Waals surface area contributed by atoms with Crippen molar-refractivity contribution in [1.82, 2.24) is 4.90 Å². The summed E-state index contributed by atoms with van der Waals surface area (Å²) in [6.07, 6.45) is 0. The molecule has 3 aromatic carbocycles. The van der Waals surface area contributed by atoms with Crippen molar-refractivity contribution in [3.8, 4) is 11.5 Å². The third-order valence-electron chi connectivity index (χ3n) is 5.02. The third kappa shape index (κ3) is 5.85. The topological polar surface area (TPSA) is 76.2 Å². The highest BCUT2D eigenvalue weighted by atomic mass is 79.9. The maximum Gasteiger partial charge on any atom is 0.264 e. The van der Waals surface area contributed by atoms with Crippen molar-refractivity contribution < 1.29 is 22.7 Å². The zero-order chi connectivity index (χ0) is 24.0. The maximum atomic E-state index is 13.4. The molecular formula is C24H25BrN2O5S. The van der Waals surface area contributed by atoms with Crippen molar-refractivity contribution in [3.63, 3.8) is 0 Å². The Balaban J connectivity index is 1.86. The minimum absolute atomic E-state index is 0.114. The first-order valence-electron chi connectivity index (χ1n) is 10.0. The SMILES string of the molecule is COc1ccc(CN(C)C(=O)CN(c2ccc(Br)cc2)S(=O)(=O)c2ccccc2)cc1OC. The normalized spacial score (nSPS) is 11.0. The van der Waals surface area contributed by atoms with Gasteiger partial charge in [0.15, 0.2) is 11.5 Å². The van der Waals surface area contributed by atoms with E-state index in [2.05, 4.69) is 15.9 Å². The van der Waals surface area contributed by atoms with Crippen molar-refractivity contribution in [2.45, 2.75) is 11.4 Å². The van der Waals surface area contributed by atoms with E-state index < -0.39 is 10.0 Å². The lowest BCUT2D eigenvalue weighted by Crippen LogP contribution is -2.41. The second-order valence-electron chi connectivity index (χ2n) is 7.24. The Hall–Kier alpha value is -3.04. The largest absolute Gasteiger partial charge is 0.493 e. The molecule has 3 aromatic rings. The van der Waals surface area contributed by atoms with E-state index in [1.807, 2.05) is 6.07 Å². The molecule has 0 aromatic heterocycles. The van der Waals surface area contributed by atoms with Crippen molar-refractivity contribution >= 4 is 37.5 Å². The number of anilines is 1. The fourth-order valence-corrected chi connectivity index (χ4v) is 4.93. The number of nitrogens with zero attached hydrogens (tertiary/aromatic N) is 2. The Bertz CT molecular complexity index is 1200. The Morgan fingerprint density at radius 3 is 2.15 bits per heavy atom. The second kappa shape index (κ2) is 10.7. The van der Waals surface area contributed by atoms with Crippen LogP contribution in [-0.4, -0.2) is 47.0 Å². The van der Waals surface area contributed by atoms with E-state index in [9.17, 15) is 13.2 Å². The molecule has 174 valence electrons. The average molecular weight is 533 g/mol. The van der Waals surface area contributed by atoms with Gasteiger partial charge in [-0.15, -0.1) is 0 Å². The van der Waals surface area contributed by atoms with Gasteiger partial charge in [-0.2, -0.15) is 0 Å². The van der Waals surface area contributed by atoms with Crippen molar-refractivity contribution in [1.29, 1.82) is 0 Å². The lowest BCUT2D eigenvalue weighted by molar-refractivity contribution is -0.128. The van der Waals surface area contributed by atoms with E-state index in [4.69, 9.17) is 9.47 Å². The molecule has 0 aliphatic heterocycles. The standard InChI is InChI=1S/C24H25BrN2O5S/c1-26(16-18-9-14-22(31-2)23(15-18)32-3)24(28)17-27(20-12-10-19(25)11-13-20)33(29,30)21-7-5-4-6-8-21/h4-15H,16-17H2,1-3H3. The molecule has 0 heterocycles. The molecular weight excluding hydrogens is 508 g/mol. The van der Waals surface area contributed by atoms with E-state index in [-0.39, 0.29) is 23.9 Å². The summed E-state index contributed by atoms with van der Waals surface area (Å²) in [5.74, 6) is 0.789. The Morgan fingerprint density at radius 1 is 0.909 bits per heavy atom. The molecule has 0 unspecified atom stereocenters. The van der Waals surface area contributed by atoms with Gasteiger partial charge in [-0.25, -0.2) is 8.42 Å². The number of carbonyl (C=O) groups excluding carboxylic acids is 1. The van der Waals surface area contributed by atoms with E-state index in [0.29, 0.717) is 17.2 Å². The number of hydrogen-bond acceptors (Lipinski definition) is 5. The summed E-state index contributed by atoms with van der Waals surface area (Å²) in [5, 5.41) is 0. The van der Waals surface area contributed by atoms with Crippen molar-refractivity contribution in [3.05, 3.63) is 82.8 Å². The minimum Gasteiger partial charge on any atom is -0.493 e. The van der Waals surface area contributed by atoms with Gasteiger partial charge in [-0.05, 0) is 54.1 Å². The highest BCUT2D eigenvalue weighted by Gasteiger charge is 2.28. The number of rotatable bonds is 9. The van der Waals surface area contributed by atoms with Gasteiger partial charge in [0.2, 0.25) is 5.91 Å². The molecule has 0 aliphatic rings. The van der Waals surface area contributed by atoms with Crippen LogP contribution in [0.25, 0.3) is 0 Å². The molecule has 9 heteroatoms. The molecule has 0 radical (unpaired) electrons. The molecule has 0 bridgehead atoms. The highest BCUT2D eigenvalue weighted by molar-refractivity contribution is 9.10. The van der Waals surface area contributed by atoms with Crippen molar-refractivity contribution in [2.75, 3.05) is 32.1 Å². The first-order chi connectivity index (χ1) is 15.8. The summed E-state index contributed by atoms with van der Waals surface area (Å²) in [4.78, 5) is 14.7. The number of amides is 1. The molecule has 3 rings (SSSR count). The monoisotopic (exact) mass is 532 g/mol. The van der Waals surface area contributed by atoms with E-state index in [1.54, 1.807) is 75.9 Å². The average Bonchev–Trinajstić information content (AvgIpc) is 2.83. The number of ether oxygens (including phenoxy) is 2. The predicted octanol–water partition coefficient (Wildman–Crippen LogP) is 4.32. The summed E-state index contributed by atoms with van der Waals surface area (Å²) in [5.41, 5.74) is 1.22. The lowest BCUT2D eigenvalue weighted by atomic mass is 10.2. The number of halogens is 1. The smallest absolute Gasteiger partial charge is 0.264 e. The summed E-state index contributed by atoms with van der Waals surface area (Å²) in [6.45, 7) is -0.0681. The van der Waals surface area contributed by atoms with Crippen LogP contribution in [0.1, 0.15) is 5.56 Å². The first-order valence-corrected chi connectivity index (χ1v) is 12.3. The molecule has 0 saturated heterocycles. The zero-order valence-corrected chi connectivity index (χ0v) is 21.0. The van der Waals surface area contributed by atoms with Gasteiger partial charge in [0.05, 0.1) is 24.8 Å². The molecule has 0 aliphatic carbocycles. The predicted molar refractivity (Wildman–Crippen MR) is 131 cm³/mol. The van der Waals surface area contributed by atoms with Gasteiger partial charge < -0.3 is 14.4 Å². The number of likely N-dealkylation sites (N-methyl/N-ethyl adjacent to an activating group) is 1. The van der Waals surface area contributed by atoms with Gasteiger partial charge in [-0.1, -0.05) is 40.2 Å². The van der Waals surface area contributed by atoms with Gasteiger partial charge in [0.25, 0.3) is 10.0 Å². The number of methoxy groups -OCH3 is 2. The quantitative estimate of drug-likeness (QED) is 0.410. The molecule has 0 N–H and O–H groups in total. The summed E-state index contributed by atoms with van der Waals surface area (Å²) in [6, 6.07) is 20.2. The molecule has 0 fully saturated rings. The summed E-state index contributed by atoms with van der Waals surface area (Å²) < 4.78 is 39.3. The van der Waals surface area contributed by atoms with Crippen LogP contribution in [0.2, 0.25) is 0 Å². The highest BCUT2D eigenvalue weighted by Crippen LogP contribution is 2.28. The van der Waals surface area contributed by atoms with Crippen LogP contribution < -0.4 is 13.8 Å². The van der Waals surface area contributed by atoms with Crippen LogP contribution in [0, 0.1) is 0 Å². The molecule has 0 spiro atoms. The fourth-order valence-electron chi connectivity index (χ4n) is 3.23. The van der Waals surface area contributed by atoms with E-state index in [0.717, 1.165) is 14.3 Å². The van der Waals surface area contributed by atoms with Crippen LogP contribution in [-0.2, 0) is 21.4 Å². The van der Waals surface area contributed by atoms with Crippen LogP contribution in [0.15, 0.2) is 82.2 Å². The van der Waals surface area contributed by atoms with Crippen molar-refractivity contribution in [2.24, 2.45) is 0 Å². The van der Waals surface area contributed by atoms with Crippen LogP contribution in [0.4, 0.5) is 5.69 Å². The maximum absolute atomic E-state index is 13.4. The molecule has 0 saturated carbocycles. The first kappa shape index (κ1) is 24.6. The number of sulfonamides is 1. The zero-order valence-electron chi connectivity index (χ0n) is 18.6. The summed E-state index contributed by atoms with van der Waals surface area (Å²) in [7, 11) is 0.774. The van der Waals surface area contributed by atoms with Gasteiger partial charge in [0.1, 0.15) is 6.54 Å². The molecule has 7 nitrogen and oxygen atoms in total. The van der Waals surface area contributed by atoms with Gasteiger partial charge in [0, 0.05) is 18.1 Å². The Labute approximate surface area is 202 Å².